The lowest BCUT2D eigenvalue weighted by Gasteiger charge is -2.36. The van der Waals surface area contributed by atoms with Crippen LogP contribution in [0.25, 0.3) is 0 Å². The fourth-order valence-electron chi connectivity index (χ4n) is 3.73. The van der Waals surface area contributed by atoms with Gasteiger partial charge in [0.1, 0.15) is 0 Å². The molecule has 0 saturated carbocycles. The zero-order valence-electron chi connectivity index (χ0n) is 14.4. The van der Waals surface area contributed by atoms with Gasteiger partial charge in [0.2, 0.25) is 5.89 Å². The van der Waals surface area contributed by atoms with Gasteiger partial charge in [-0.1, -0.05) is 5.16 Å². The SMILES string of the molecule is COCCCNC(=O)N1C[C@@H](c2nc(C)no2)C2(CCOCC2)C1. The Bertz CT molecular complexity index is 556. The first-order valence-corrected chi connectivity index (χ1v) is 8.54. The van der Waals surface area contributed by atoms with E-state index in [1.165, 1.54) is 0 Å². The number of rotatable bonds is 5. The van der Waals surface area contributed by atoms with Crippen molar-refractivity contribution in [3.05, 3.63) is 11.7 Å². The Morgan fingerprint density at radius 2 is 2.25 bits per heavy atom. The van der Waals surface area contributed by atoms with Gasteiger partial charge in [-0.2, -0.15) is 4.98 Å². The molecule has 1 N–H and O–H groups in total. The molecule has 0 bridgehead atoms. The predicted molar refractivity (Wildman–Crippen MR) is 85.7 cm³/mol. The van der Waals surface area contributed by atoms with Gasteiger partial charge in [0.05, 0.1) is 5.92 Å². The van der Waals surface area contributed by atoms with Crippen molar-refractivity contribution in [2.24, 2.45) is 5.41 Å². The maximum Gasteiger partial charge on any atom is 0.317 e. The van der Waals surface area contributed by atoms with E-state index < -0.39 is 0 Å². The van der Waals surface area contributed by atoms with E-state index in [0.29, 0.717) is 51.2 Å². The van der Waals surface area contributed by atoms with Gasteiger partial charge in [-0.25, -0.2) is 4.79 Å². The van der Waals surface area contributed by atoms with E-state index in [9.17, 15) is 4.79 Å². The fourth-order valence-corrected chi connectivity index (χ4v) is 3.73. The van der Waals surface area contributed by atoms with E-state index in [1.54, 1.807) is 7.11 Å². The third kappa shape index (κ3) is 3.54. The molecular formula is C16H26N4O4. The van der Waals surface area contributed by atoms with Crippen LogP contribution in [0.2, 0.25) is 0 Å². The minimum absolute atomic E-state index is 0.0267. The van der Waals surface area contributed by atoms with Gasteiger partial charge in [0, 0.05) is 52.0 Å². The molecule has 134 valence electrons. The van der Waals surface area contributed by atoms with Crippen LogP contribution in [0.15, 0.2) is 4.52 Å². The summed E-state index contributed by atoms with van der Waals surface area (Å²) in [4.78, 5) is 18.8. The van der Waals surface area contributed by atoms with Gasteiger partial charge in [0.25, 0.3) is 0 Å². The first-order valence-electron chi connectivity index (χ1n) is 8.54. The highest BCUT2D eigenvalue weighted by atomic mass is 16.5. The number of hydrogen-bond donors (Lipinski definition) is 1. The van der Waals surface area contributed by atoms with E-state index >= 15 is 0 Å². The van der Waals surface area contributed by atoms with Crippen LogP contribution >= 0.6 is 0 Å². The van der Waals surface area contributed by atoms with E-state index in [-0.39, 0.29) is 17.4 Å². The summed E-state index contributed by atoms with van der Waals surface area (Å²) >= 11 is 0. The first kappa shape index (κ1) is 17.2. The van der Waals surface area contributed by atoms with Crippen LogP contribution < -0.4 is 5.32 Å². The number of methoxy groups -OCH3 is 1. The van der Waals surface area contributed by atoms with Gasteiger partial charge < -0.3 is 24.2 Å². The molecule has 2 fully saturated rings. The van der Waals surface area contributed by atoms with Gasteiger partial charge in [-0.05, 0) is 26.2 Å². The second-order valence-electron chi connectivity index (χ2n) is 6.67. The topological polar surface area (TPSA) is 89.7 Å². The van der Waals surface area contributed by atoms with Crippen molar-refractivity contribution in [1.82, 2.24) is 20.4 Å². The largest absolute Gasteiger partial charge is 0.385 e. The van der Waals surface area contributed by atoms with Crippen molar-refractivity contribution >= 4 is 6.03 Å². The molecule has 1 atom stereocenters. The molecule has 8 nitrogen and oxygen atoms in total. The van der Waals surface area contributed by atoms with Crippen LogP contribution in [-0.2, 0) is 9.47 Å². The van der Waals surface area contributed by atoms with Gasteiger partial charge in [-0.15, -0.1) is 0 Å². The smallest absolute Gasteiger partial charge is 0.317 e. The van der Waals surface area contributed by atoms with Crippen LogP contribution in [0.4, 0.5) is 4.79 Å². The Hall–Kier alpha value is -1.67. The lowest BCUT2D eigenvalue weighted by molar-refractivity contribution is 0.00942. The fraction of sp³-hybridized carbons (Fsp3) is 0.812. The molecule has 3 heterocycles. The number of nitrogens with one attached hydrogen (secondary N) is 1. The van der Waals surface area contributed by atoms with Gasteiger partial charge in [-0.3, -0.25) is 0 Å². The molecule has 2 aliphatic rings. The molecule has 1 aromatic rings. The maximum absolute atomic E-state index is 12.5. The summed E-state index contributed by atoms with van der Waals surface area (Å²) in [5.74, 6) is 1.35. The molecule has 3 rings (SSSR count). The molecule has 8 heteroatoms. The van der Waals surface area contributed by atoms with Crippen LogP contribution in [-0.4, -0.2) is 67.6 Å². The Kier molecular flexibility index (Phi) is 5.35. The third-order valence-corrected chi connectivity index (χ3v) is 5.07. The monoisotopic (exact) mass is 338 g/mol. The highest BCUT2D eigenvalue weighted by Crippen LogP contribution is 2.48. The summed E-state index contributed by atoms with van der Waals surface area (Å²) in [5, 5.41) is 6.90. The molecule has 24 heavy (non-hydrogen) atoms. The second-order valence-corrected chi connectivity index (χ2v) is 6.67. The molecule has 0 aromatic carbocycles. The highest BCUT2D eigenvalue weighted by Gasteiger charge is 2.51. The number of aryl methyl sites for hydroxylation is 1. The van der Waals surface area contributed by atoms with Gasteiger partial charge in [0.15, 0.2) is 5.82 Å². The van der Waals surface area contributed by atoms with Crippen molar-refractivity contribution < 1.29 is 18.8 Å². The lowest BCUT2D eigenvalue weighted by atomic mass is 9.72. The molecule has 1 aromatic heterocycles. The van der Waals surface area contributed by atoms with E-state index in [4.69, 9.17) is 14.0 Å². The van der Waals surface area contributed by atoms with E-state index in [1.807, 2.05) is 11.8 Å². The van der Waals surface area contributed by atoms with E-state index in [0.717, 1.165) is 19.3 Å². The molecule has 2 saturated heterocycles. The molecule has 2 aliphatic heterocycles. The molecule has 2 amide bonds. The van der Waals surface area contributed by atoms with Crippen molar-refractivity contribution in [2.75, 3.05) is 46.6 Å². The number of aromatic nitrogens is 2. The van der Waals surface area contributed by atoms with Crippen molar-refractivity contribution in [3.63, 3.8) is 0 Å². The maximum atomic E-state index is 12.5. The number of carbonyl (C=O) groups excluding carboxylic acids is 1. The predicted octanol–water partition coefficient (Wildman–Crippen LogP) is 1.32. The summed E-state index contributed by atoms with van der Waals surface area (Å²) in [6.45, 7) is 5.82. The summed E-state index contributed by atoms with van der Waals surface area (Å²) in [5.41, 5.74) is -0.0267. The Balaban J connectivity index is 1.69. The summed E-state index contributed by atoms with van der Waals surface area (Å²) in [6.07, 6.45) is 2.63. The quantitative estimate of drug-likeness (QED) is 0.815. The van der Waals surface area contributed by atoms with Crippen molar-refractivity contribution in [2.45, 2.75) is 32.1 Å². The van der Waals surface area contributed by atoms with Crippen molar-refractivity contribution in [1.29, 1.82) is 0 Å². The Morgan fingerprint density at radius 3 is 2.92 bits per heavy atom. The average Bonchev–Trinajstić information content (AvgIpc) is 3.16. The Labute approximate surface area is 141 Å². The summed E-state index contributed by atoms with van der Waals surface area (Å²) in [6, 6.07) is -0.0318. The zero-order valence-corrected chi connectivity index (χ0v) is 14.4. The summed E-state index contributed by atoms with van der Waals surface area (Å²) in [7, 11) is 1.66. The number of nitrogens with zero attached hydrogens (tertiary/aromatic N) is 3. The minimum atomic E-state index is -0.0318. The highest BCUT2D eigenvalue weighted by molar-refractivity contribution is 5.74. The standard InChI is InChI=1S/C16H26N4O4/c1-12-18-14(24-19-12)13-10-20(15(21)17-6-3-7-22-2)11-16(13)4-8-23-9-5-16/h13H,3-11H2,1-2H3,(H,17,21)/t13-/m0/s1. The molecule has 0 radical (unpaired) electrons. The Morgan fingerprint density at radius 1 is 1.46 bits per heavy atom. The zero-order chi connectivity index (χ0) is 17.0. The third-order valence-electron chi connectivity index (χ3n) is 5.07. The minimum Gasteiger partial charge on any atom is -0.385 e. The summed E-state index contributed by atoms with van der Waals surface area (Å²) < 4.78 is 16.0. The molecule has 1 spiro atoms. The number of carbonyl (C=O) groups is 1. The van der Waals surface area contributed by atoms with Crippen LogP contribution in [0.5, 0.6) is 0 Å². The molecule has 0 unspecified atom stereocenters. The number of urea groups is 1. The lowest BCUT2D eigenvalue weighted by Crippen LogP contribution is -2.41. The first-order chi connectivity index (χ1) is 11.6. The second kappa shape index (κ2) is 7.48. The van der Waals surface area contributed by atoms with Crippen molar-refractivity contribution in [3.8, 4) is 0 Å². The number of likely N-dealkylation sites (tertiary alicyclic amines) is 1. The van der Waals surface area contributed by atoms with Gasteiger partial charge >= 0.3 is 6.03 Å². The van der Waals surface area contributed by atoms with E-state index in [2.05, 4.69) is 15.5 Å². The molecular weight excluding hydrogens is 312 g/mol. The number of ether oxygens (including phenoxy) is 2. The number of hydrogen-bond acceptors (Lipinski definition) is 6. The van der Waals surface area contributed by atoms with Crippen LogP contribution in [0.3, 0.4) is 0 Å². The van der Waals surface area contributed by atoms with Crippen LogP contribution in [0, 0.1) is 12.3 Å². The van der Waals surface area contributed by atoms with Crippen LogP contribution in [0.1, 0.15) is 36.9 Å². The molecule has 0 aliphatic carbocycles. The normalized spacial score (nSPS) is 22.9. The average molecular weight is 338 g/mol. The number of amides is 2.